The van der Waals surface area contributed by atoms with E-state index in [0.717, 1.165) is 10.8 Å². The van der Waals surface area contributed by atoms with Crippen LogP contribution in [0, 0.1) is 0 Å². The van der Waals surface area contributed by atoms with Crippen molar-refractivity contribution >= 4 is 22.7 Å². The molecule has 0 unspecified atom stereocenters. The number of aromatic hydroxyl groups is 1. The molecule has 2 aromatic rings. The SMILES string of the molecule is C=C(C)C(=O)OCOC(=O)c1ccc2cc(O)ccc2c1. The average molecular weight is 286 g/mol. The van der Waals surface area contributed by atoms with Crippen molar-refractivity contribution in [2.45, 2.75) is 6.92 Å². The van der Waals surface area contributed by atoms with Crippen molar-refractivity contribution < 1.29 is 24.2 Å². The van der Waals surface area contributed by atoms with Gasteiger partial charge in [-0.1, -0.05) is 18.7 Å². The van der Waals surface area contributed by atoms with E-state index in [0.29, 0.717) is 5.56 Å². The predicted molar refractivity (Wildman–Crippen MR) is 76.8 cm³/mol. The van der Waals surface area contributed by atoms with Gasteiger partial charge in [-0.25, -0.2) is 9.59 Å². The lowest BCUT2D eigenvalue weighted by Crippen LogP contribution is -2.13. The molecule has 0 aliphatic heterocycles. The summed E-state index contributed by atoms with van der Waals surface area (Å²) < 4.78 is 9.53. The Labute approximate surface area is 121 Å². The lowest BCUT2D eigenvalue weighted by Gasteiger charge is -2.07. The molecule has 5 nitrogen and oxygen atoms in total. The summed E-state index contributed by atoms with van der Waals surface area (Å²) in [6.45, 7) is 4.46. The molecule has 108 valence electrons. The minimum atomic E-state index is -0.614. The number of hydrogen-bond acceptors (Lipinski definition) is 5. The van der Waals surface area contributed by atoms with Crippen molar-refractivity contribution in [2.24, 2.45) is 0 Å². The highest BCUT2D eigenvalue weighted by Gasteiger charge is 2.10. The quantitative estimate of drug-likeness (QED) is 0.531. The van der Waals surface area contributed by atoms with Crippen LogP contribution in [-0.4, -0.2) is 23.8 Å². The fourth-order valence-electron chi connectivity index (χ4n) is 1.70. The number of phenolic OH excluding ortho intramolecular Hbond substituents is 1. The van der Waals surface area contributed by atoms with Crippen molar-refractivity contribution in [2.75, 3.05) is 6.79 Å². The fourth-order valence-corrected chi connectivity index (χ4v) is 1.70. The van der Waals surface area contributed by atoms with Gasteiger partial charge in [-0.15, -0.1) is 0 Å². The minimum Gasteiger partial charge on any atom is -0.508 e. The van der Waals surface area contributed by atoms with Gasteiger partial charge < -0.3 is 14.6 Å². The molecule has 0 fully saturated rings. The average Bonchev–Trinajstić information content (AvgIpc) is 2.46. The smallest absolute Gasteiger partial charge is 0.341 e. The van der Waals surface area contributed by atoms with Crippen LogP contribution in [-0.2, 0) is 14.3 Å². The van der Waals surface area contributed by atoms with Crippen molar-refractivity contribution in [3.05, 3.63) is 54.1 Å². The summed E-state index contributed by atoms with van der Waals surface area (Å²) in [4.78, 5) is 23.0. The maximum Gasteiger partial charge on any atom is 0.341 e. The lowest BCUT2D eigenvalue weighted by molar-refractivity contribution is -0.147. The van der Waals surface area contributed by atoms with Crippen molar-refractivity contribution in [1.29, 1.82) is 0 Å². The van der Waals surface area contributed by atoms with E-state index in [9.17, 15) is 14.7 Å². The molecule has 0 heterocycles. The summed E-state index contributed by atoms with van der Waals surface area (Å²) in [5, 5.41) is 11.0. The highest BCUT2D eigenvalue weighted by atomic mass is 16.7. The molecule has 0 atom stereocenters. The molecule has 0 bridgehead atoms. The van der Waals surface area contributed by atoms with Gasteiger partial charge in [0.2, 0.25) is 6.79 Å². The number of carbonyl (C=O) groups is 2. The van der Waals surface area contributed by atoms with Gasteiger partial charge in [-0.3, -0.25) is 0 Å². The molecule has 0 aliphatic carbocycles. The van der Waals surface area contributed by atoms with Gasteiger partial charge >= 0.3 is 11.9 Å². The number of phenols is 1. The highest BCUT2D eigenvalue weighted by Crippen LogP contribution is 2.21. The van der Waals surface area contributed by atoms with Crippen LogP contribution in [0.4, 0.5) is 0 Å². The first kappa shape index (κ1) is 14.6. The van der Waals surface area contributed by atoms with Gasteiger partial charge in [-0.2, -0.15) is 0 Å². The third-order valence-electron chi connectivity index (χ3n) is 2.79. The molecule has 0 saturated heterocycles. The van der Waals surface area contributed by atoms with E-state index in [1.165, 1.54) is 13.0 Å². The van der Waals surface area contributed by atoms with Crippen LogP contribution in [0.3, 0.4) is 0 Å². The number of esters is 2. The zero-order chi connectivity index (χ0) is 15.4. The van der Waals surface area contributed by atoms with Gasteiger partial charge in [-0.05, 0) is 42.0 Å². The van der Waals surface area contributed by atoms with Crippen LogP contribution in [0.15, 0.2) is 48.6 Å². The molecule has 0 aliphatic rings. The number of fused-ring (bicyclic) bond motifs is 1. The van der Waals surface area contributed by atoms with Gasteiger partial charge in [0.05, 0.1) is 5.56 Å². The number of ether oxygens (including phenoxy) is 2. The summed E-state index contributed by atoms with van der Waals surface area (Å²) in [5.41, 5.74) is 0.566. The second kappa shape index (κ2) is 6.09. The zero-order valence-corrected chi connectivity index (χ0v) is 11.5. The molecule has 0 amide bonds. The first-order chi connectivity index (χ1) is 9.97. The van der Waals surface area contributed by atoms with E-state index >= 15 is 0 Å². The van der Waals surface area contributed by atoms with Crippen LogP contribution in [0.2, 0.25) is 0 Å². The Kier molecular flexibility index (Phi) is 4.23. The van der Waals surface area contributed by atoms with Gasteiger partial charge in [0.1, 0.15) is 5.75 Å². The van der Waals surface area contributed by atoms with E-state index in [1.54, 1.807) is 30.3 Å². The van der Waals surface area contributed by atoms with Gasteiger partial charge in [0, 0.05) is 5.57 Å². The first-order valence-corrected chi connectivity index (χ1v) is 6.20. The Balaban J connectivity index is 2.04. The second-order valence-corrected chi connectivity index (χ2v) is 4.51. The van der Waals surface area contributed by atoms with Gasteiger partial charge in [0.15, 0.2) is 0 Å². The Morgan fingerprint density at radius 1 is 1.10 bits per heavy atom. The monoisotopic (exact) mass is 286 g/mol. The molecule has 0 saturated carbocycles. The Morgan fingerprint density at radius 2 is 1.76 bits per heavy atom. The number of rotatable bonds is 4. The van der Waals surface area contributed by atoms with Crippen LogP contribution in [0.25, 0.3) is 10.8 Å². The zero-order valence-electron chi connectivity index (χ0n) is 11.5. The van der Waals surface area contributed by atoms with Crippen molar-refractivity contribution in [3.8, 4) is 5.75 Å². The molecule has 5 heteroatoms. The van der Waals surface area contributed by atoms with E-state index < -0.39 is 18.7 Å². The third kappa shape index (κ3) is 3.60. The lowest BCUT2D eigenvalue weighted by atomic mass is 10.1. The summed E-state index contributed by atoms with van der Waals surface area (Å²) in [5.74, 6) is -1.05. The summed E-state index contributed by atoms with van der Waals surface area (Å²) in [6.07, 6.45) is 0. The van der Waals surface area contributed by atoms with Gasteiger partial charge in [0.25, 0.3) is 0 Å². The van der Waals surface area contributed by atoms with Crippen LogP contribution >= 0.6 is 0 Å². The molecule has 1 N–H and O–H groups in total. The normalized spacial score (nSPS) is 10.1. The maximum atomic E-state index is 11.8. The molecule has 2 rings (SSSR count). The largest absolute Gasteiger partial charge is 0.508 e. The van der Waals surface area contributed by atoms with Crippen LogP contribution in [0.1, 0.15) is 17.3 Å². The number of hydrogen-bond donors (Lipinski definition) is 1. The molecule has 0 spiro atoms. The Bertz CT molecular complexity index is 718. The highest BCUT2D eigenvalue weighted by molar-refractivity contribution is 5.95. The van der Waals surface area contributed by atoms with E-state index in [-0.39, 0.29) is 11.3 Å². The second-order valence-electron chi connectivity index (χ2n) is 4.51. The predicted octanol–water partition coefficient (Wildman–Crippen LogP) is 2.78. The van der Waals surface area contributed by atoms with Crippen molar-refractivity contribution in [3.63, 3.8) is 0 Å². The Morgan fingerprint density at radius 3 is 2.48 bits per heavy atom. The molecular formula is C16H14O5. The van der Waals surface area contributed by atoms with E-state index in [4.69, 9.17) is 4.74 Å². The fraction of sp³-hybridized carbons (Fsp3) is 0.125. The Hall–Kier alpha value is -2.82. The van der Waals surface area contributed by atoms with Crippen molar-refractivity contribution in [1.82, 2.24) is 0 Å². The first-order valence-electron chi connectivity index (χ1n) is 6.20. The molecule has 21 heavy (non-hydrogen) atoms. The number of benzene rings is 2. The minimum absolute atomic E-state index is 0.157. The van der Waals surface area contributed by atoms with E-state index in [1.807, 2.05) is 0 Å². The third-order valence-corrected chi connectivity index (χ3v) is 2.79. The molecule has 0 aromatic heterocycles. The maximum absolute atomic E-state index is 11.8. The summed E-state index contributed by atoms with van der Waals surface area (Å²) in [7, 11) is 0. The summed E-state index contributed by atoms with van der Waals surface area (Å²) >= 11 is 0. The number of carbonyl (C=O) groups excluding carboxylic acids is 2. The van der Waals surface area contributed by atoms with Crippen LogP contribution in [0.5, 0.6) is 5.75 Å². The van der Waals surface area contributed by atoms with E-state index in [2.05, 4.69) is 11.3 Å². The van der Waals surface area contributed by atoms with Crippen LogP contribution < -0.4 is 0 Å². The molecule has 2 aromatic carbocycles. The standard InChI is InChI=1S/C16H14O5/c1-10(2)15(18)20-9-21-16(19)13-4-3-12-8-14(17)6-5-11(12)7-13/h3-8,17H,1,9H2,2H3. The topological polar surface area (TPSA) is 72.8 Å². The summed E-state index contributed by atoms with van der Waals surface area (Å²) in [6, 6.07) is 9.74. The molecular weight excluding hydrogens is 272 g/mol. The molecule has 0 radical (unpaired) electrons.